The van der Waals surface area contributed by atoms with E-state index in [1.807, 2.05) is 24.3 Å². The number of aliphatic hydroxyl groups is 1. The predicted octanol–water partition coefficient (Wildman–Crippen LogP) is 1.53. The van der Waals surface area contributed by atoms with Gasteiger partial charge in [-0.1, -0.05) is 11.8 Å². The number of thioether (sulfide) groups is 1. The van der Waals surface area contributed by atoms with Crippen LogP contribution in [0.2, 0.25) is 0 Å². The third-order valence-corrected chi connectivity index (χ3v) is 3.68. The Hall–Kier alpha value is -1.60. The van der Waals surface area contributed by atoms with Gasteiger partial charge in [-0.2, -0.15) is 4.68 Å². The molecule has 0 amide bonds. The summed E-state index contributed by atoms with van der Waals surface area (Å²) in [6, 6.07) is 7.45. The molecule has 0 radical (unpaired) electrons. The predicted molar refractivity (Wildman–Crippen MR) is 72.7 cm³/mol. The molecule has 0 saturated heterocycles. The molecule has 0 spiro atoms. The molecule has 1 N–H and O–H groups in total. The fraction of sp³-hybridized carbons (Fsp3) is 0.417. The Kier molecular flexibility index (Phi) is 4.06. The van der Waals surface area contributed by atoms with Crippen molar-refractivity contribution in [2.75, 3.05) is 12.9 Å². The molecule has 0 atom stereocenters. The first-order valence-corrected chi connectivity index (χ1v) is 6.76. The Morgan fingerprint density at radius 3 is 2.58 bits per heavy atom. The van der Waals surface area contributed by atoms with Crippen molar-refractivity contribution in [2.45, 2.75) is 24.6 Å². The van der Waals surface area contributed by atoms with Gasteiger partial charge in [-0.05, 0) is 48.5 Å². The van der Waals surface area contributed by atoms with E-state index in [2.05, 4.69) is 15.5 Å². The highest BCUT2D eigenvalue weighted by Gasteiger charge is 2.16. The smallest absolute Gasteiger partial charge is 0.214 e. The summed E-state index contributed by atoms with van der Waals surface area (Å²) in [5.41, 5.74) is 0.0884. The molecular weight excluding hydrogens is 264 g/mol. The highest BCUT2D eigenvalue weighted by molar-refractivity contribution is 7.99. The van der Waals surface area contributed by atoms with Gasteiger partial charge >= 0.3 is 0 Å². The monoisotopic (exact) mass is 280 g/mol. The van der Waals surface area contributed by atoms with Crippen LogP contribution >= 0.6 is 11.8 Å². The Balaban J connectivity index is 2.18. The molecule has 1 aromatic heterocycles. The van der Waals surface area contributed by atoms with Crippen LogP contribution in [0.3, 0.4) is 0 Å². The van der Waals surface area contributed by atoms with E-state index in [9.17, 15) is 5.11 Å². The van der Waals surface area contributed by atoms with Crippen LogP contribution in [0, 0.1) is 0 Å². The molecule has 0 saturated carbocycles. The van der Waals surface area contributed by atoms with E-state index in [-0.39, 0.29) is 0 Å². The summed E-state index contributed by atoms with van der Waals surface area (Å²) in [5, 5.41) is 22.0. The molecule has 0 aliphatic rings. The van der Waals surface area contributed by atoms with Crippen molar-refractivity contribution in [3.05, 3.63) is 24.3 Å². The zero-order valence-corrected chi connectivity index (χ0v) is 11.9. The van der Waals surface area contributed by atoms with Crippen molar-refractivity contribution in [3.8, 4) is 11.4 Å². The Labute approximate surface area is 115 Å². The first-order chi connectivity index (χ1) is 8.99. The van der Waals surface area contributed by atoms with Gasteiger partial charge in [-0.15, -0.1) is 5.10 Å². The number of aromatic nitrogens is 4. The Morgan fingerprint density at radius 1 is 1.32 bits per heavy atom. The molecule has 0 bridgehead atoms. The van der Waals surface area contributed by atoms with Gasteiger partial charge < -0.3 is 9.84 Å². The number of methoxy groups -OCH3 is 1. The maximum atomic E-state index is 9.73. The number of nitrogens with zero attached hydrogens (tertiary/aromatic N) is 4. The van der Waals surface area contributed by atoms with Gasteiger partial charge in [0.1, 0.15) is 5.75 Å². The van der Waals surface area contributed by atoms with E-state index >= 15 is 0 Å². The summed E-state index contributed by atoms with van der Waals surface area (Å²) in [7, 11) is 1.62. The highest BCUT2D eigenvalue weighted by Crippen LogP contribution is 2.23. The third kappa shape index (κ3) is 3.68. The maximum Gasteiger partial charge on any atom is 0.214 e. The molecule has 0 aliphatic heterocycles. The van der Waals surface area contributed by atoms with Gasteiger partial charge in [-0.3, -0.25) is 0 Å². The molecular formula is C12H16N4O2S. The summed E-state index contributed by atoms with van der Waals surface area (Å²) < 4.78 is 6.74. The van der Waals surface area contributed by atoms with Crippen molar-refractivity contribution in [1.82, 2.24) is 20.2 Å². The largest absolute Gasteiger partial charge is 0.497 e. The molecule has 102 valence electrons. The van der Waals surface area contributed by atoms with Crippen LogP contribution in [0.25, 0.3) is 5.69 Å². The number of ether oxygens (including phenoxy) is 1. The molecule has 0 fully saturated rings. The third-order valence-electron chi connectivity index (χ3n) is 2.31. The van der Waals surface area contributed by atoms with Crippen molar-refractivity contribution in [1.29, 1.82) is 0 Å². The van der Waals surface area contributed by atoms with Gasteiger partial charge in [-0.25, -0.2) is 0 Å². The number of hydrogen-bond acceptors (Lipinski definition) is 6. The van der Waals surface area contributed by atoms with Gasteiger partial charge in [0, 0.05) is 5.75 Å². The van der Waals surface area contributed by atoms with Gasteiger partial charge in [0.2, 0.25) is 5.16 Å². The van der Waals surface area contributed by atoms with E-state index < -0.39 is 5.60 Å². The number of rotatable bonds is 5. The molecule has 0 unspecified atom stereocenters. The van der Waals surface area contributed by atoms with Crippen LogP contribution in [0.4, 0.5) is 0 Å². The summed E-state index contributed by atoms with van der Waals surface area (Å²) in [6.45, 7) is 3.50. The van der Waals surface area contributed by atoms with Crippen molar-refractivity contribution < 1.29 is 9.84 Å². The highest BCUT2D eigenvalue weighted by atomic mass is 32.2. The van der Waals surface area contributed by atoms with Gasteiger partial charge in [0.15, 0.2) is 0 Å². The summed E-state index contributed by atoms with van der Waals surface area (Å²) in [4.78, 5) is 0. The Bertz CT molecular complexity index is 533. The van der Waals surface area contributed by atoms with Crippen molar-refractivity contribution in [2.24, 2.45) is 0 Å². The van der Waals surface area contributed by atoms with Crippen molar-refractivity contribution >= 4 is 11.8 Å². The average Bonchev–Trinajstić information content (AvgIpc) is 2.84. The van der Waals surface area contributed by atoms with Crippen molar-refractivity contribution in [3.63, 3.8) is 0 Å². The quantitative estimate of drug-likeness (QED) is 0.837. The molecule has 2 rings (SSSR count). The van der Waals surface area contributed by atoms with E-state index in [0.29, 0.717) is 10.9 Å². The van der Waals surface area contributed by atoms with E-state index in [1.165, 1.54) is 11.8 Å². The van der Waals surface area contributed by atoms with E-state index in [1.54, 1.807) is 25.6 Å². The topological polar surface area (TPSA) is 73.1 Å². The normalized spacial score (nSPS) is 11.6. The van der Waals surface area contributed by atoms with Crippen LogP contribution in [0.15, 0.2) is 29.4 Å². The SMILES string of the molecule is COc1ccc(-n2nnnc2SCC(C)(C)O)cc1. The lowest BCUT2D eigenvalue weighted by molar-refractivity contribution is 0.107. The second-order valence-corrected chi connectivity index (χ2v) is 5.61. The Morgan fingerprint density at radius 2 is 2.00 bits per heavy atom. The molecule has 1 heterocycles. The van der Waals surface area contributed by atoms with Crippen LogP contribution in [0.1, 0.15) is 13.8 Å². The minimum atomic E-state index is -0.763. The zero-order valence-electron chi connectivity index (χ0n) is 11.1. The van der Waals surface area contributed by atoms with Gasteiger partial charge in [0.25, 0.3) is 0 Å². The molecule has 7 heteroatoms. The lowest BCUT2D eigenvalue weighted by atomic mass is 10.2. The second-order valence-electron chi connectivity index (χ2n) is 4.67. The minimum absolute atomic E-state index is 0.517. The van der Waals surface area contributed by atoms with Crippen LogP contribution in [-0.4, -0.2) is 43.8 Å². The second kappa shape index (κ2) is 5.58. The van der Waals surface area contributed by atoms with Crippen LogP contribution in [-0.2, 0) is 0 Å². The first-order valence-electron chi connectivity index (χ1n) is 5.77. The minimum Gasteiger partial charge on any atom is -0.497 e. The first kappa shape index (κ1) is 13.8. The van der Waals surface area contributed by atoms with E-state index in [0.717, 1.165) is 11.4 Å². The maximum absolute atomic E-state index is 9.73. The molecule has 6 nitrogen and oxygen atoms in total. The van der Waals surface area contributed by atoms with Crippen LogP contribution in [0.5, 0.6) is 5.75 Å². The number of tetrazole rings is 1. The molecule has 19 heavy (non-hydrogen) atoms. The number of hydrogen-bond donors (Lipinski definition) is 1. The summed E-state index contributed by atoms with van der Waals surface area (Å²) >= 11 is 1.41. The number of benzene rings is 1. The lowest BCUT2D eigenvalue weighted by Gasteiger charge is -2.15. The average molecular weight is 280 g/mol. The standard InChI is InChI=1S/C12H16N4O2S/c1-12(2,17)8-19-11-13-14-15-16(11)9-4-6-10(18-3)7-5-9/h4-7,17H,8H2,1-3H3. The fourth-order valence-electron chi connectivity index (χ4n) is 1.40. The lowest BCUT2D eigenvalue weighted by Crippen LogP contribution is -2.22. The van der Waals surface area contributed by atoms with Gasteiger partial charge in [0.05, 0.1) is 18.4 Å². The van der Waals surface area contributed by atoms with Crippen LogP contribution < -0.4 is 4.74 Å². The zero-order chi connectivity index (χ0) is 13.9. The fourth-order valence-corrected chi connectivity index (χ4v) is 2.24. The molecule has 1 aromatic carbocycles. The van der Waals surface area contributed by atoms with E-state index in [4.69, 9.17) is 4.74 Å². The molecule has 2 aromatic rings. The summed E-state index contributed by atoms with van der Waals surface area (Å²) in [6.07, 6.45) is 0. The summed E-state index contributed by atoms with van der Waals surface area (Å²) in [5.74, 6) is 1.30. The molecule has 0 aliphatic carbocycles.